The first kappa shape index (κ1) is 16.0. The molecule has 2 N–H and O–H groups in total. The number of aromatic nitrogens is 1. The van der Waals surface area contributed by atoms with Gasteiger partial charge in [0.05, 0.1) is 19.4 Å². The zero-order valence-corrected chi connectivity index (χ0v) is 12.8. The Morgan fingerprint density at radius 3 is 2.64 bits per heavy atom. The van der Waals surface area contributed by atoms with Crippen LogP contribution < -0.4 is 4.74 Å². The van der Waals surface area contributed by atoms with Gasteiger partial charge in [-0.25, -0.2) is 0 Å². The van der Waals surface area contributed by atoms with Gasteiger partial charge in [0, 0.05) is 30.1 Å². The topological polar surface area (TPSA) is 74.9 Å². The van der Waals surface area contributed by atoms with Crippen molar-refractivity contribution in [1.82, 2.24) is 4.98 Å². The molecule has 0 aliphatic carbocycles. The average Bonchev–Trinajstić information content (AvgIpc) is 2.55. The van der Waals surface area contributed by atoms with Crippen LogP contribution in [0.25, 0.3) is 0 Å². The van der Waals surface area contributed by atoms with Crippen molar-refractivity contribution >= 4 is 6.21 Å². The lowest BCUT2D eigenvalue weighted by Crippen LogP contribution is -1.99. The van der Waals surface area contributed by atoms with E-state index in [1.165, 1.54) is 0 Å². The van der Waals surface area contributed by atoms with E-state index in [1.807, 2.05) is 24.3 Å². The summed E-state index contributed by atoms with van der Waals surface area (Å²) in [5.41, 5.74) is 2.78. The summed E-state index contributed by atoms with van der Waals surface area (Å²) in [5, 5.41) is 19.3. The van der Waals surface area contributed by atoms with E-state index in [4.69, 9.17) is 4.74 Å². The van der Waals surface area contributed by atoms with Crippen LogP contribution in [-0.2, 0) is 13.0 Å². The molecule has 0 atom stereocenters. The highest BCUT2D eigenvalue weighted by molar-refractivity contribution is 5.85. The Balaban J connectivity index is 2.02. The van der Waals surface area contributed by atoms with Gasteiger partial charge in [0.2, 0.25) is 0 Å². The Morgan fingerprint density at radius 2 is 2.00 bits per heavy atom. The third-order valence-electron chi connectivity index (χ3n) is 3.44. The first-order chi connectivity index (χ1) is 10.7. The Hall–Kier alpha value is -2.40. The average molecular weight is 300 g/mol. The number of aryl methyl sites for hydroxylation is 1. The second kappa shape index (κ2) is 7.56. The quantitative estimate of drug-likeness (QED) is 0.802. The number of hydrogen-bond acceptors (Lipinski definition) is 5. The number of pyridine rings is 1. The van der Waals surface area contributed by atoms with Gasteiger partial charge in [-0.2, -0.15) is 0 Å². The van der Waals surface area contributed by atoms with E-state index in [2.05, 4.69) is 9.98 Å². The number of aliphatic imine (C=N–C) groups is 1. The molecule has 2 aromatic rings. The van der Waals surface area contributed by atoms with Crippen molar-refractivity contribution in [2.75, 3.05) is 13.7 Å². The number of ether oxygens (including phenoxy) is 1. The molecular formula is C17H20N2O3. The van der Waals surface area contributed by atoms with E-state index in [0.29, 0.717) is 23.4 Å². The van der Waals surface area contributed by atoms with Crippen LogP contribution in [0.4, 0.5) is 0 Å². The van der Waals surface area contributed by atoms with Crippen molar-refractivity contribution in [2.45, 2.75) is 20.0 Å². The molecule has 1 aromatic carbocycles. The summed E-state index contributed by atoms with van der Waals surface area (Å²) in [6.45, 7) is 2.13. The molecule has 0 fully saturated rings. The van der Waals surface area contributed by atoms with E-state index in [1.54, 1.807) is 26.4 Å². The predicted octanol–water partition coefficient (Wildman–Crippen LogP) is 2.26. The van der Waals surface area contributed by atoms with Gasteiger partial charge in [0.1, 0.15) is 11.5 Å². The van der Waals surface area contributed by atoms with Gasteiger partial charge in [-0.3, -0.25) is 9.98 Å². The van der Waals surface area contributed by atoms with Crippen LogP contribution in [0.15, 0.2) is 35.5 Å². The molecule has 0 radical (unpaired) electrons. The number of rotatable bonds is 6. The van der Waals surface area contributed by atoms with Crippen LogP contribution in [0.1, 0.15) is 22.4 Å². The molecule has 0 spiro atoms. The number of aromatic hydroxyl groups is 1. The largest absolute Gasteiger partial charge is 0.505 e. The summed E-state index contributed by atoms with van der Waals surface area (Å²) >= 11 is 0. The normalized spacial score (nSPS) is 11.0. The molecule has 0 saturated heterocycles. The molecule has 0 aliphatic heterocycles. The molecule has 0 unspecified atom stereocenters. The summed E-state index contributed by atoms with van der Waals surface area (Å²) in [6.07, 6.45) is 3.94. The van der Waals surface area contributed by atoms with Crippen molar-refractivity contribution in [3.05, 3.63) is 52.8 Å². The molecule has 0 bridgehead atoms. The van der Waals surface area contributed by atoms with Crippen LogP contribution in [0.5, 0.6) is 11.5 Å². The Kier molecular flexibility index (Phi) is 5.49. The van der Waals surface area contributed by atoms with Crippen molar-refractivity contribution in [3.63, 3.8) is 0 Å². The minimum atomic E-state index is -0.180. The summed E-state index contributed by atoms with van der Waals surface area (Å²) in [7, 11) is 1.64. The molecule has 0 aliphatic rings. The lowest BCUT2D eigenvalue weighted by atomic mass is 10.1. The van der Waals surface area contributed by atoms with E-state index >= 15 is 0 Å². The lowest BCUT2D eigenvalue weighted by Gasteiger charge is -2.07. The molecule has 22 heavy (non-hydrogen) atoms. The number of benzene rings is 1. The van der Waals surface area contributed by atoms with E-state index in [-0.39, 0.29) is 12.4 Å². The fourth-order valence-corrected chi connectivity index (χ4v) is 2.06. The first-order valence-corrected chi connectivity index (χ1v) is 7.06. The molecule has 0 saturated carbocycles. The van der Waals surface area contributed by atoms with E-state index in [9.17, 15) is 10.2 Å². The molecule has 5 heteroatoms. The van der Waals surface area contributed by atoms with Gasteiger partial charge < -0.3 is 14.9 Å². The summed E-state index contributed by atoms with van der Waals surface area (Å²) in [6, 6.07) is 7.84. The Labute approximate surface area is 129 Å². The SMILES string of the molecule is COc1ccc(CCN=Cc2c(CO)cnc(C)c2O)cc1. The van der Waals surface area contributed by atoms with E-state index in [0.717, 1.165) is 17.7 Å². The van der Waals surface area contributed by atoms with Gasteiger partial charge in [-0.1, -0.05) is 12.1 Å². The monoisotopic (exact) mass is 300 g/mol. The van der Waals surface area contributed by atoms with Crippen molar-refractivity contribution in [2.24, 2.45) is 4.99 Å². The minimum absolute atomic E-state index is 0.0692. The van der Waals surface area contributed by atoms with Crippen molar-refractivity contribution in [1.29, 1.82) is 0 Å². The molecule has 0 amide bonds. The van der Waals surface area contributed by atoms with Crippen LogP contribution in [0.3, 0.4) is 0 Å². The maximum absolute atomic E-state index is 10.0. The first-order valence-electron chi connectivity index (χ1n) is 7.06. The van der Waals surface area contributed by atoms with Gasteiger partial charge in [0.15, 0.2) is 0 Å². The van der Waals surface area contributed by atoms with Gasteiger partial charge in [-0.05, 0) is 31.0 Å². The number of methoxy groups -OCH3 is 1. The molecule has 1 aromatic heterocycles. The van der Waals surface area contributed by atoms with Gasteiger partial charge in [0.25, 0.3) is 0 Å². The minimum Gasteiger partial charge on any atom is -0.505 e. The predicted molar refractivity (Wildman–Crippen MR) is 85.7 cm³/mol. The smallest absolute Gasteiger partial charge is 0.145 e. The number of aliphatic hydroxyl groups is 1. The summed E-state index contributed by atoms with van der Waals surface area (Å²) < 4.78 is 5.12. The number of hydrogen-bond donors (Lipinski definition) is 2. The van der Waals surface area contributed by atoms with Crippen molar-refractivity contribution < 1.29 is 14.9 Å². The molecule has 116 valence electrons. The second-order valence-corrected chi connectivity index (χ2v) is 4.92. The molecule has 2 rings (SSSR count). The molecule has 5 nitrogen and oxygen atoms in total. The number of nitrogens with zero attached hydrogens (tertiary/aromatic N) is 2. The highest BCUT2D eigenvalue weighted by atomic mass is 16.5. The molecular weight excluding hydrogens is 280 g/mol. The van der Waals surface area contributed by atoms with Crippen LogP contribution in [-0.4, -0.2) is 35.1 Å². The zero-order valence-electron chi connectivity index (χ0n) is 12.8. The lowest BCUT2D eigenvalue weighted by molar-refractivity contribution is 0.280. The maximum Gasteiger partial charge on any atom is 0.145 e. The fourth-order valence-electron chi connectivity index (χ4n) is 2.06. The van der Waals surface area contributed by atoms with Gasteiger partial charge >= 0.3 is 0 Å². The third-order valence-corrected chi connectivity index (χ3v) is 3.44. The van der Waals surface area contributed by atoms with Crippen LogP contribution in [0.2, 0.25) is 0 Å². The Bertz CT molecular complexity index is 652. The highest BCUT2D eigenvalue weighted by Crippen LogP contribution is 2.22. The Morgan fingerprint density at radius 1 is 1.27 bits per heavy atom. The third kappa shape index (κ3) is 3.83. The highest BCUT2D eigenvalue weighted by Gasteiger charge is 2.08. The zero-order chi connectivity index (χ0) is 15.9. The number of aliphatic hydroxyl groups excluding tert-OH is 1. The summed E-state index contributed by atoms with van der Waals surface area (Å²) in [4.78, 5) is 8.35. The van der Waals surface area contributed by atoms with Crippen LogP contribution >= 0.6 is 0 Å². The maximum atomic E-state index is 10.0. The second-order valence-electron chi connectivity index (χ2n) is 4.92. The van der Waals surface area contributed by atoms with Gasteiger partial charge in [-0.15, -0.1) is 0 Å². The standard InChI is InChI=1S/C17H20N2O3/c1-12-17(21)16(14(11-20)9-19-12)10-18-8-7-13-3-5-15(22-2)6-4-13/h3-6,9-10,20-21H,7-8,11H2,1-2H3. The van der Waals surface area contributed by atoms with Crippen molar-refractivity contribution in [3.8, 4) is 11.5 Å². The van der Waals surface area contributed by atoms with E-state index < -0.39 is 0 Å². The fraction of sp³-hybridized carbons (Fsp3) is 0.294. The molecule has 1 heterocycles. The summed E-state index contributed by atoms with van der Waals surface area (Å²) in [5.74, 6) is 0.900. The van der Waals surface area contributed by atoms with Crippen LogP contribution in [0, 0.1) is 6.92 Å².